The normalized spacial score (nSPS) is 20.1. The van der Waals surface area contributed by atoms with Crippen LogP contribution in [-0.2, 0) is 6.42 Å². The van der Waals surface area contributed by atoms with E-state index in [1.165, 1.54) is 6.26 Å². The lowest BCUT2D eigenvalue weighted by molar-refractivity contribution is -0.0768. The molecule has 7 nitrogen and oxygen atoms in total. The highest BCUT2D eigenvalue weighted by Gasteiger charge is 2.41. The Labute approximate surface area is 188 Å². The molecule has 1 amide bonds. The van der Waals surface area contributed by atoms with E-state index in [9.17, 15) is 18.7 Å². The molecule has 2 N–H and O–H groups in total. The number of rotatable bonds is 5. The minimum atomic E-state index is -2.91. The summed E-state index contributed by atoms with van der Waals surface area (Å²) in [6.07, 6.45) is 3.48. The fourth-order valence-corrected chi connectivity index (χ4v) is 4.19. The molecule has 4 aromatic rings. The van der Waals surface area contributed by atoms with E-state index in [4.69, 9.17) is 4.42 Å². The van der Waals surface area contributed by atoms with Crippen molar-refractivity contribution in [3.8, 4) is 5.69 Å². The van der Waals surface area contributed by atoms with Crippen molar-refractivity contribution in [2.45, 2.75) is 43.8 Å². The van der Waals surface area contributed by atoms with Gasteiger partial charge in [0.1, 0.15) is 11.2 Å². The molecule has 1 aromatic carbocycles. The van der Waals surface area contributed by atoms with Crippen LogP contribution in [0.3, 0.4) is 0 Å². The SMILES string of the molecule is O=C(N[C@@H]1CC(F)(F)CC[C@H]1O)c1cc(Cc2ccc(-n3cccn3)cc2)c2occc2n1. The lowest BCUT2D eigenvalue weighted by Crippen LogP contribution is -2.50. The first kappa shape index (κ1) is 21.3. The maximum absolute atomic E-state index is 13.8. The molecule has 0 spiro atoms. The topological polar surface area (TPSA) is 93.2 Å². The van der Waals surface area contributed by atoms with E-state index < -0.39 is 30.4 Å². The van der Waals surface area contributed by atoms with Crippen molar-refractivity contribution in [2.24, 2.45) is 0 Å². The van der Waals surface area contributed by atoms with Gasteiger partial charge in [0.05, 0.1) is 24.1 Å². The van der Waals surface area contributed by atoms with Gasteiger partial charge in [-0.3, -0.25) is 4.79 Å². The summed E-state index contributed by atoms with van der Waals surface area (Å²) in [5.41, 5.74) is 3.81. The Bertz CT molecular complexity index is 1270. The smallest absolute Gasteiger partial charge is 0.270 e. The molecule has 170 valence electrons. The number of fused-ring (bicyclic) bond motifs is 1. The molecule has 9 heteroatoms. The van der Waals surface area contributed by atoms with Crippen molar-refractivity contribution in [3.05, 3.63) is 77.9 Å². The van der Waals surface area contributed by atoms with Crippen LogP contribution in [0.4, 0.5) is 8.78 Å². The van der Waals surface area contributed by atoms with Crippen LogP contribution in [0.15, 0.2) is 65.5 Å². The van der Waals surface area contributed by atoms with E-state index in [-0.39, 0.29) is 18.5 Å². The number of nitrogens with zero attached hydrogens (tertiary/aromatic N) is 3. The van der Waals surface area contributed by atoms with Crippen LogP contribution in [0.5, 0.6) is 0 Å². The zero-order valence-corrected chi connectivity index (χ0v) is 17.6. The highest BCUT2D eigenvalue weighted by molar-refractivity contribution is 5.95. The number of carbonyl (C=O) groups is 1. The summed E-state index contributed by atoms with van der Waals surface area (Å²) in [5, 5.41) is 16.8. The molecule has 0 bridgehead atoms. The third-order valence-electron chi connectivity index (χ3n) is 5.93. The van der Waals surface area contributed by atoms with Gasteiger partial charge >= 0.3 is 0 Å². The summed E-state index contributed by atoms with van der Waals surface area (Å²) in [6, 6.07) is 11.9. The Morgan fingerprint density at radius 1 is 1.27 bits per heavy atom. The molecule has 2 atom stereocenters. The largest absolute Gasteiger partial charge is 0.462 e. The lowest BCUT2D eigenvalue weighted by atomic mass is 9.89. The van der Waals surface area contributed by atoms with Crippen molar-refractivity contribution in [2.75, 3.05) is 0 Å². The van der Waals surface area contributed by atoms with Crippen LogP contribution < -0.4 is 5.32 Å². The standard InChI is InChI=1S/C24H22F2N4O3/c25-24(26)8-6-21(31)20(14-24)29-23(32)19-13-16(22-18(28-19)7-11-33-22)12-15-2-4-17(5-3-15)30-10-1-9-27-30/h1-5,7,9-11,13,20-21,31H,6,8,12,14H2,(H,29,32)/t20-,21-/m1/s1. The summed E-state index contributed by atoms with van der Waals surface area (Å²) >= 11 is 0. The summed E-state index contributed by atoms with van der Waals surface area (Å²) in [5.74, 6) is -3.51. The zero-order chi connectivity index (χ0) is 23.0. The molecule has 1 saturated carbocycles. The second-order valence-corrected chi connectivity index (χ2v) is 8.34. The van der Waals surface area contributed by atoms with Crippen molar-refractivity contribution < 1.29 is 23.1 Å². The molecule has 33 heavy (non-hydrogen) atoms. The number of halogens is 2. The summed E-state index contributed by atoms with van der Waals surface area (Å²) < 4.78 is 34.9. The van der Waals surface area contributed by atoms with E-state index >= 15 is 0 Å². The van der Waals surface area contributed by atoms with Crippen molar-refractivity contribution in [3.63, 3.8) is 0 Å². The molecule has 5 rings (SSSR count). The fourth-order valence-electron chi connectivity index (χ4n) is 4.19. The van der Waals surface area contributed by atoms with Gasteiger partial charge in [-0.2, -0.15) is 5.10 Å². The van der Waals surface area contributed by atoms with E-state index in [2.05, 4.69) is 15.4 Å². The van der Waals surface area contributed by atoms with E-state index in [0.29, 0.717) is 17.5 Å². The van der Waals surface area contributed by atoms with Crippen LogP contribution in [0, 0.1) is 0 Å². The van der Waals surface area contributed by atoms with Crippen LogP contribution in [0.2, 0.25) is 0 Å². The third-order valence-corrected chi connectivity index (χ3v) is 5.93. The number of benzene rings is 1. The summed E-state index contributed by atoms with van der Waals surface area (Å²) in [7, 11) is 0. The van der Waals surface area contributed by atoms with Crippen molar-refractivity contribution in [1.29, 1.82) is 0 Å². The number of hydrogen-bond acceptors (Lipinski definition) is 5. The van der Waals surface area contributed by atoms with Gasteiger partial charge in [0, 0.05) is 43.3 Å². The highest BCUT2D eigenvalue weighted by atomic mass is 19.3. The Morgan fingerprint density at radius 3 is 2.85 bits per heavy atom. The first-order chi connectivity index (χ1) is 15.9. The van der Waals surface area contributed by atoms with Gasteiger partial charge < -0.3 is 14.8 Å². The first-order valence-corrected chi connectivity index (χ1v) is 10.7. The van der Waals surface area contributed by atoms with Gasteiger partial charge in [-0.15, -0.1) is 0 Å². The Morgan fingerprint density at radius 2 is 2.09 bits per heavy atom. The molecule has 0 unspecified atom stereocenters. The Hall–Kier alpha value is -3.59. The number of hydrogen-bond donors (Lipinski definition) is 2. The Balaban J connectivity index is 1.38. The first-order valence-electron chi connectivity index (χ1n) is 10.7. The van der Waals surface area contributed by atoms with Gasteiger partial charge in [-0.1, -0.05) is 12.1 Å². The molecule has 0 aliphatic heterocycles. The number of carbonyl (C=O) groups excluding carboxylic acids is 1. The van der Waals surface area contributed by atoms with Crippen LogP contribution in [-0.4, -0.2) is 43.8 Å². The van der Waals surface area contributed by atoms with Gasteiger partial charge in [0.25, 0.3) is 5.91 Å². The molecular formula is C24H22F2N4O3. The third kappa shape index (κ3) is 4.49. The molecule has 1 aliphatic rings. The van der Waals surface area contributed by atoms with E-state index in [0.717, 1.165) is 16.8 Å². The number of aliphatic hydroxyl groups excluding tert-OH is 1. The second-order valence-electron chi connectivity index (χ2n) is 8.34. The number of pyridine rings is 1. The molecule has 0 saturated heterocycles. The number of alkyl halides is 2. The number of aliphatic hydroxyl groups is 1. The number of nitrogens with one attached hydrogen (secondary N) is 1. The highest BCUT2D eigenvalue weighted by Crippen LogP contribution is 2.33. The lowest BCUT2D eigenvalue weighted by Gasteiger charge is -2.33. The molecule has 3 heterocycles. The van der Waals surface area contributed by atoms with Crippen molar-refractivity contribution >= 4 is 17.0 Å². The quantitative estimate of drug-likeness (QED) is 0.479. The average Bonchev–Trinajstić information content (AvgIpc) is 3.49. The zero-order valence-electron chi connectivity index (χ0n) is 17.6. The van der Waals surface area contributed by atoms with Gasteiger partial charge in [-0.25, -0.2) is 18.4 Å². The summed E-state index contributed by atoms with van der Waals surface area (Å²) in [6.45, 7) is 0. The van der Waals surface area contributed by atoms with Gasteiger partial charge in [-0.05, 0) is 36.2 Å². The monoisotopic (exact) mass is 452 g/mol. The van der Waals surface area contributed by atoms with Gasteiger partial charge in [0.2, 0.25) is 5.92 Å². The van der Waals surface area contributed by atoms with Crippen molar-refractivity contribution in [1.82, 2.24) is 20.1 Å². The van der Waals surface area contributed by atoms with Gasteiger partial charge in [0.15, 0.2) is 5.58 Å². The second kappa shape index (κ2) is 8.40. The molecule has 1 aliphatic carbocycles. The maximum Gasteiger partial charge on any atom is 0.270 e. The van der Waals surface area contributed by atoms with Crippen LogP contribution in [0.1, 0.15) is 40.9 Å². The Kier molecular flexibility index (Phi) is 5.41. The fraction of sp³-hybridized carbons (Fsp3) is 0.292. The van der Waals surface area contributed by atoms with E-state index in [1.807, 2.05) is 36.5 Å². The minimum absolute atomic E-state index is 0.0636. The number of amides is 1. The van der Waals surface area contributed by atoms with E-state index in [1.54, 1.807) is 23.0 Å². The predicted molar refractivity (Wildman–Crippen MR) is 116 cm³/mol. The number of aromatic nitrogens is 3. The van der Waals surface area contributed by atoms with Crippen LogP contribution >= 0.6 is 0 Å². The molecule has 3 aromatic heterocycles. The van der Waals surface area contributed by atoms with Crippen LogP contribution in [0.25, 0.3) is 16.8 Å². The molecule has 1 fully saturated rings. The summed E-state index contributed by atoms with van der Waals surface area (Å²) in [4.78, 5) is 17.2. The molecular weight excluding hydrogens is 430 g/mol. The number of furan rings is 1. The predicted octanol–water partition coefficient (Wildman–Crippen LogP) is 3.88. The minimum Gasteiger partial charge on any atom is -0.462 e. The molecule has 0 radical (unpaired) electrons. The average molecular weight is 452 g/mol. The maximum atomic E-state index is 13.8.